The van der Waals surface area contributed by atoms with Gasteiger partial charge in [-0.05, 0) is 49.1 Å². The predicted molar refractivity (Wildman–Crippen MR) is 120 cm³/mol. The summed E-state index contributed by atoms with van der Waals surface area (Å²) in [6.07, 6.45) is 2.09. The van der Waals surface area contributed by atoms with Crippen LogP contribution in [0.25, 0.3) is 5.82 Å². The second-order valence-corrected chi connectivity index (χ2v) is 8.17. The number of nitro benzene ring substituents is 1. The zero-order valence-corrected chi connectivity index (χ0v) is 18.7. The van der Waals surface area contributed by atoms with Gasteiger partial charge in [-0.15, -0.1) is 5.10 Å². The predicted octanol–water partition coefficient (Wildman–Crippen LogP) is 1.53. The maximum atomic E-state index is 13.0. The summed E-state index contributed by atoms with van der Waals surface area (Å²) >= 11 is 0. The third kappa shape index (κ3) is 4.91. The molecule has 0 spiro atoms. The molecule has 0 saturated carbocycles. The fraction of sp³-hybridized carbons (Fsp3) is 0.400. The number of nitrogens with zero attached hydrogens (tertiary/aromatic N) is 8. The van der Waals surface area contributed by atoms with Crippen molar-refractivity contribution in [3.8, 4) is 5.82 Å². The molecule has 14 nitrogen and oxygen atoms in total. The molecule has 1 aromatic carbocycles. The van der Waals surface area contributed by atoms with Gasteiger partial charge in [0.15, 0.2) is 5.69 Å². The van der Waals surface area contributed by atoms with Crippen LogP contribution in [0.5, 0.6) is 0 Å². The van der Waals surface area contributed by atoms with Gasteiger partial charge in [0.05, 0.1) is 16.3 Å². The number of benzene rings is 1. The van der Waals surface area contributed by atoms with E-state index >= 15 is 0 Å². The number of rotatable bonds is 7. The maximum Gasteiger partial charge on any atom is 0.293 e. The van der Waals surface area contributed by atoms with Crippen LogP contribution >= 0.6 is 0 Å². The van der Waals surface area contributed by atoms with Gasteiger partial charge in [-0.25, -0.2) is 10.1 Å². The fourth-order valence-electron chi connectivity index (χ4n) is 3.66. The van der Waals surface area contributed by atoms with Crippen molar-refractivity contribution in [1.29, 1.82) is 0 Å². The van der Waals surface area contributed by atoms with Crippen molar-refractivity contribution < 1.29 is 14.3 Å². The van der Waals surface area contributed by atoms with Crippen LogP contribution in [-0.2, 0) is 6.54 Å². The third-order valence-electron chi connectivity index (χ3n) is 5.72. The van der Waals surface area contributed by atoms with E-state index in [4.69, 9.17) is 5.73 Å². The van der Waals surface area contributed by atoms with Gasteiger partial charge in [-0.3, -0.25) is 19.8 Å². The van der Waals surface area contributed by atoms with E-state index < -0.39 is 10.8 Å². The first-order chi connectivity index (χ1) is 16.3. The molecule has 1 amide bonds. The molecule has 0 radical (unpaired) electrons. The molecule has 14 heteroatoms. The number of hydrogen-bond donors (Lipinski definition) is 2. The number of nitrogen functional groups attached to an aromatic ring is 1. The molecule has 0 aliphatic carbocycles. The Bertz CT molecular complexity index is 1230. The number of carbonyl (C=O) groups is 1. The average molecular weight is 468 g/mol. The number of nitrogens with two attached hydrogens (primary N) is 1. The molecule has 1 saturated heterocycles. The lowest BCUT2D eigenvalue weighted by Gasteiger charge is -2.30. The quantitative estimate of drug-likeness (QED) is 0.293. The van der Waals surface area contributed by atoms with Crippen LogP contribution in [0, 0.1) is 16.0 Å². The zero-order chi connectivity index (χ0) is 24.2. The molecule has 0 bridgehead atoms. The molecule has 3 heterocycles. The Morgan fingerprint density at radius 2 is 2.12 bits per heavy atom. The highest BCUT2D eigenvalue weighted by atomic mass is 16.6. The van der Waals surface area contributed by atoms with Gasteiger partial charge < -0.3 is 5.73 Å². The standard InChI is InChI=1S/C20H24N10O4/c1-12-6-8-28(9-7-12)11-16-17(23-27-29(16)19-18(21)25-34-26-19)20(31)24-22-13(2)14-4-3-5-15(10-14)30(32)33/h3-5,10,12H,6-9,11H2,1-2H3,(H2,21,25)(H,24,31)/b22-13-. The molecule has 3 N–H and O–H groups in total. The summed E-state index contributed by atoms with van der Waals surface area (Å²) in [5.74, 6) is 0.211. The summed E-state index contributed by atoms with van der Waals surface area (Å²) in [6.45, 7) is 5.97. The van der Waals surface area contributed by atoms with Crippen LogP contribution in [0.1, 0.15) is 48.4 Å². The van der Waals surface area contributed by atoms with Crippen LogP contribution in [0.15, 0.2) is 34.0 Å². The molecule has 4 rings (SSSR count). The fourth-order valence-corrected chi connectivity index (χ4v) is 3.66. The number of carbonyl (C=O) groups excluding carboxylic acids is 1. The van der Waals surface area contributed by atoms with Gasteiger partial charge in [0.25, 0.3) is 11.6 Å². The lowest BCUT2D eigenvalue weighted by molar-refractivity contribution is -0.384. The average Bonchev–Trinajstić information content (AvgIpc) is 3.44. The number of hydrazone groups is 1. The molecule has 1 fully saturated rings. The van der Waals surface area contributed by atoms with E-state index in [0.29, 0.717) is 29.4 Å². The highest BCUT2D eigenvalue weighted by molar-refractivity contribution is 6.01. The number of hydrogen-bond acceptors (Lipinski definition) is 11. The number of likely N-dealkylation sites (tertiary alicyclic amines) is 1. The molecule has 0 atom stereocenters. The Kier molecular flexibility index (Phi) is 6.58. The summed E-state index contributed by atoms with van der Waals surface area (Å²) in [7, 11) is 0. The SMILES string of the molecule is C/C(=N/NC(=O)c1nnn(-c2nonc2N)c1CN1CCC(C)CC1)c1cccc([N+](=O)[O-])c1. The maximum absolute atomic E-state index is 13.0. The van der Waals surface area contributed by atoms with Crippen molar-refractivity contribution >= 4 is 23.1 Å². The van der Waals surface area contributed by atoms with Crippen LogP contribution in [0.2, 0.25) is 0 Å². The van der Waals surface area contributed by atoms with Crippen LogP contribution in [0.3, 0.4) is 0 Å². The van der Waals surface area contributed by atoms with Gasteiger partial charge in [0.2, 0.25) is 11.6 Å². The Morgan fingerprint density at radius 1 is 1.35 bits per heavy atom. The highest BCUT2D eigenvalue weighted by Gasteiger charge is 2.27. The van der Waals surface area contributed by atoms with E-state index in [1.54, 1.807) is 19.1 Å². The summed E-state index contributed by atoms with van der Waals surface area (Å²) in [5, 5.41) is 30.5. The topological polar surface area (TPSA) is 183 Å². The molecule has 3 aromatic rings. The summed E-state index contributed by atoms with van der Waals surface area (Å²) in [4.78, 5) is 25.7. The van der Waals surface area contributed by atoms with E-state index in [2.05, 4.69) is 47.6 Å². The minimum atomic E-state index is -0.591. The van der Waals surface area contributed by atoms with Crippen LogP contribution in [-0.4, -0.2) is 59.8 Å². The first kappa shape index (κ1) is 23.0. The summed E-state index contributed by atoms with van der Waals surface area (Å²) in [6, 6.07) is 5.97. The zero-order valence-electron chi connectivity index (χ0n) is 18.7. The first-order valence-corrected chi connectivity index (χ1v) is 10.7. The van der Waals surface area contributed by atoms with Crippen molar-refractivity contribution in [3.05, 3.63) is 51.3 Å². The Morgan fingerprint density at radius 3 is 2.79 bits per heavy atom. The Balaban J connectivity index is 1.59. The van der Waals surface area contributed by atoms with E-state index in [1.807, 2.05) is 0 Å². The third-order valence-corrected chi connectivity index (χ3v) is 5.72. The van der Waals surface area contributed by atoms with E-state index in [1.165, 1.54) is 16.8 Å². The Hall–Kier alpha value is -4.20. The number of amides is 1. The van der Waals surface area contributed by atoms with Gasteiger partial charge in [-0.2, -0.15) is 9.78 Å². The van der Waals surface area contributed by atoms with Crippen molar-refractivity contribution in [1.82, 2.24) is 35.6 Å². The van der Waals surface area contributed by atoms with Gasteiger partial charge in [0.1, 0.15) is 0 Å². The van der Waals surface area contributed by atoms with Crippen LogP contribution in [0.4, 0.5) is 11.5 Å². The second-order valence-electron chi connectivity index (χ2n) is 8.17. The number of nitro groups is 1. The number of aromatic nitrogens is 5. The molecule has 1 aliphatic heterocycles. The van der Waals surface area contributed by atoms with Crippen molar-refractivity contribution in [2.75, 3.05) is 18.8 Å². The normalized spacial score (nSPS) is 15.4. The van der Waals surface area contributed by atoms with Crippen molar-refractivity contribution in [3.63, 3.8) is 0 Å². The minimum Gasteiger partial charge on any atom is -0.378 e. The monoisotopic (exact) mass is 468 g/mol. The number of piperidine rings is 1. The van der Waals surface area contributed by atoms with Gasteiger partial charge in [0, 0.05) is 24.2 Å². The minimum absolute atomic E-state index is 0.0184. The number of anilines is 1. The number of non-ortho nitro benzene ring substituents is 1. The molecule has 0 unspecified atom stereocenters. The smallest absolute Gasteiger partial charge is 0.293 e. The highest BCUT2D eigenvalue weighted by Crippen LogP contribution is 2.22. The van der Waals surface area contributed by atoms with Crippen molar-refractivity contribution in [2.45, 2.75) is 33.2 Å². The van der Waals surface area contributed by atoms with E-state index in [9.17, 15) is 14.9 Å². The van der Waals surface area contributed by atoms with E-state index in [-0.39, 0.29) is 23.0 Å². The van der Waals surface area contributed by atoms with Crippen LogP contribution < -0.4 is 11.2 Å². The summed E-state index contributed by atoms with van der Waals surface area (Å²) in [5.41, 5.74) is 9.64. The lowest BCUT2D eigenvalue weighted by Crippen LogP contribution is -2.34. The van der Waals surface area contributed by atoms with E-state index in [0.717, 1.165) is 25.9 Å². The molecular weight excluding hydrogens is 444 g/mol. The number of nitrogens with one attached hydrogen (secondary N) is 1. The van der Waals surface area contributed by atoms with Gasteiger partial charge in [-0.1, -0.05) is 24.3 Å². The van der Waals surface area contributed by atoms with Gasteiger partial charge >= 0.3 is 0 Å². The molecule has 178 valence electrons. The lowest BCUT2D eigenvalue weighted by atomic mass is 9.99. The molecular formula is C20H24N10O4. The summed E-state index contributed by atoms with van der Waals surface area (Å²) < 4.78 is 6.03. The molecule has 34 heavy (non-hydrogen) atoms. The molecule has 2 aromatic heterocycles. The molecule has 1 aliphatic rings. The Labute approximate surface area is 193 Å². The van der Waals surface area contributed by atoms with Crippen molar-refractivity contribution in [2.24, 2.45) is 11.0 Å². The second kappa shape index (κ2) is 9.74. The first-order valence-electron chi connectivity index (χ1n) is 10.7. The largest absolute Gasteiger partial charge is 0.378 e.